The fraction of sp³-hybridized carbons (Fsp3) is 0.0588. The number of halogens is 5. The number of amides is 1. The summed E-state index contributed by atoms with van der Waals surface area (Å²) >= 11 is 0. The van der Waals surface area contributed by atoms with Gasteiger partial charge in [0.1, 0.15) is 22.9 Å². The minimum absolute atomic E-state index is 0.0143. The van der Waals surface area contributed by atoms with Crippen molar-refractivity contribution in [2.75, 3.05) is 5.32 Å². The molecule has 0 aliphatic rings. The summed E-state index contributed by atoms with van der Waals surface area (Å²) in [6.45, 7) is 0. The van der Waals surface area contributed by atoms with Crippen LogP contribution in [0.5, 0.6) is 0 Å². The van der Waals surface area contributed by atoms with Crippen LogP contribution in [-0.2, 0) is 6.18 Å². The summed E-state index contributed by atoms with van der Waals surface area (Å²) in [6, 6.07) is 8.38. The smallest absolute Gasteiger partial charge is 0.338 e. The van der Waals surface area contributed by atoms with Crippen molar-refractivity contribution in [3.05, 3.63) is 71.3 Å². The fourth-order valence-electron chi connectivity index (χ4n) is 2.21. The molecule has 1 N–H and O–H groups in total. The predicted octanol–water partition coefficient (Wildman–Crippen LogP) is 4.89. The lowest BCUT2D eigenvalue weighted by Gasteiger charge is -2.06. The van der Waals surface area contributed by atoms with Crippen LogP contribution in [0.2, 0.25) is 0 Å². The van der Waals surface area contributed by atoms with Gasteiger partial charge in [-0.2, -0.15) is 13.2 Å². The van der Waals surface area contributed by atoms with Gasteiger partial charge in [0, 0.05) is 11.6 Å². The number of rotatable bonds is 3. The van der Waals surface area contributed by atoms with Crippen molar-refractivity contribution in [3.63, 3.8) is 0 Å². The van der Waals surface area contributed by atoms with Crippen LogP contribution in [0.3, 0.4) is 0 Å². The maximum absolute atomic E-state index is 13.6. The molecule has 0 saturated carbocycles. The highest BCUT2D eigenvalue weighted by Gasteiger charge is 2.30. The Morgan fingerprint density at radius 1 is 1.00 bits per heavy atom. The molecule has 0 atom stereocenters. The lowest BCUT2D eigenvalue weighted by Crippen LogP contribution is -2.15. The highest BCUT2D eigenvalue weighted by molar-refractivity contribution is 6.04. The lowest BCUT2D eigenvalue weighted by molar-refractivity contribution is -0.137. The number of carbonyl (C=O) groups is 1. The first-order valence-corrected chi connectivity index (χ1v) is 7.15. The van der Waals surface area contributed by atoms with Crippen molar-refractivity contribution >= 4 is 11.8 Å². The number of benzene rings is 2. The topological polar surface area (TPSA) is 55.1 Å². The van der Waals surface area contributed by atoms with Gasteiger partial charge in [0.25, 0.3) is 5.91 Å². The molecule has 1 amide bonds. The minimum Gasteiger partial charge on any atom is -0.338 e. The third-order valence-electron chi connectivity index (χ3n) is 3.42. The van der Waals surface area contributed by atoms with Gasteiger partial charge in [0.15, 0.2) is 0 Å². The molecule has 134 valence electrons. The van der Waals surface area contributed by atoms with Crippen molar-refractivity contribution in [3.8, 4) is 11.3 Å². The van der Waals surface area contributed by atoms with E-state index >= 15 is 0 Å². The van der Waals surface area contributed by atoms with Gasteiger partial charge in [0.05, 0.1) is 5.56 Å². The maximum Gasteiger partial charge on any atom is 0.416 e. The van der Waals surface area contributed by atoms with E-state index in [1.165, 1.54) is 12.1 Å². The molecule has 0 spiro atoms. The van der Waals surface area contributed by atoms with Gasteiger partial charge in [-0.3, -0.25) is 10.1 Å². The van der Waals surface area contributed by atoms with Crippen LogP contribution >= 0.6 is 0 Å². The summed E-state index contributed by atoms with van der Waals surface area (Å²) in [5.74, 6) is -3.53. The SMILES string of the molecule is O=C(Nc1cc(-c2cccc(C(F)(F)F)c2)no1)c1c(F)cccc1F. The zero-order valence-electron chi connectivity index (χ0n) is 12.8. The van der Waals surface area contributed by atoms with Crippen LogP contribution in [0.25, 0.3) is 11.3 Å². The Balaban J connectivity index is 1.84. The van der Waals surface area contributed by atoms with Gasteiger partial charge in [0.2, 0.25) is 5.88 Å². The van der Waals surface area contributed by atoms with E-state index < -0.39 is 34.8 Å². The van der Waals surface area contributed by atoms with E-state index in [2.05, 4.69) is 10.5 Å². The molecule has 0 fully saturated rings. The molecule has 0 bridgehead atoms. The number of carbonyl (C=O) groups excluding carboxylic acids is 1. The standard InChI is InChI=1S/C17H9F5N2O2/c18-11-5-2-6-12(19)15(11)16(25)23-14-8-13(24-26-14)9-3-1-4-10(7-9)17(20,21)22/h1-8H,(H,23,25). The molecule has 2 aromatic carbocycles. The maximum atomic E-state index is 13.6. The number of nitrogens with one attached hydrogen (secondary N) is 1. The summed E-state index contributed by atoms with van der Waals surface area (Å²) in [5.41, 5.74) is -1.58. The van der Waals surface area contributed by atoms with Crippen LogP contribution in [0.4, 0.5) is 27.8 Å². The predicted molar refractivity (Wildman–Crippen MR) is 81.3 cm³/mol. The molecule has 3 rings (SSSR count). The van der Waals surface area contributed by atoms with Gasteiger partial charge in [-0.25, -0.2) is 8.78 Å². The largest absolute Gasteiger partial charge is 0.416 e. The normalized spacial score (nSPS) is 11.4. The Morgan fingerprint density at radius 3 is 2.31 bits per heavy atom. The quantitative estimate of drug-likeness (QED) is 0.670. The first-order valence-electron chi connectivity index (χ1n) is 7.15. The van der Waals surface area contributed by atoms with Crippen LogP contribution in [0, 0.1) is 11.6 Å². The molecule has 0 unspecified atom stereocenters. The molecule has 1 aromatic heterocycles. The number of anilines is 1. The highest BCUT2D eigenvalue weighted by atomic mass is 19.4. The van der Waals surface area contributed by atoms with E-state index in [0.29, 0.717) is 0 Å². The number of hydrogen-bond donors (Lipinski definition) is 1. The Labute approximate surface area is 143 Å². The number of nitrogens with zero attached hydrogens (tertiary/aromatic N) is 1. The Bertz CT molecular complexity index is 946. The molecule has 9 heteroatoms. The Morgan fingerprint density at radius 2 is 1.65 bits per heavy atom. The molecule has 26 heavy (non-hydrogen) atoms. The molecule has 0 radical (unpaired) electrons. The summed E-state index contributed by atoms with van der Waals surface area (Å²) < 4.78 is 70.2. The molecular weight excluding hydrogens is 359 g/mol. The van der Waals surface area contributed by atoms with Crippen LogP contribution < -0.4 is 5.32 Å². The van der Waals surface area contributed by atoms with Crippen molar-refractivity contribution in [1.82, 2.24) is 5.16 Å². The second kappa shape index (κ2) is 6.58. The minimum atomic E-state index is -4.53. The van der Waals surface area contributed by atoms with E-state index in [-0.39, 0.29) is 17.1 Å². The Kier molecular flexibility index (Phi) is 4.45. The molecular formula is C17H9F5N2O2. The van der Waals surface area contributed by atoms with Crippen molar-refractivity contribution in [2.45, 2.75) is 6.18 Å². The van der Waals surface area contributed by atoms with Crippen molar-refractivity contribution in [2.24, 2.45) is 0 Å². The van der Waals surface area contributed by atoms with Crippen molar-refractivity contribution in [1.29, 1.82) is 0 Å². The summed E-state index contributed by atoms with van der Waals surface area (Å²) in [6.07, 6.45) is -4.53. The molecule has 3 aromatic rings. The number of alkyl halides is 3. The van der Waals surface area contributed by atoms with Gasteiger partial charge in [-0.05, 0) is 24.3 Å². The third-order valence-corrected chi connectivity index (χ3v) is 3.42. The molecule has 0 aliphatic carbocycles. The van der Waals surface area contributed by atoms with E-state index in [1.54, 1.807) is 0 Å². The van der Waals surface area contributed by atoms with Crippen molar-refractivity contribution < 1.29 is 31.3 Å². The summed E-state index contributed by atoms with van der Waals surface area (Å²) in [7, 11) is 0. The van der Waals surface area contributed by atoms with Crippen LogP contribution in [-0.4, -0.2) is 11.1 Å². The Hall–Kier alpha value is -3.23. The second-order valence-electron chi connectivity index (χ2n) is 5.21. The van der Waals surface area contributed by atoms with Gasteiger partial charge >= 0.3 is 6.18 Å². The van der Waals surface area contributed by atoms with E-state index in [0.717, 1.165) is 36.4 Å². The highest BCUT2D eigenvalue weighted by Crippen LogP contribution is 2.32. The zero-order chi connectivity index (χ0) is 18.9. The third kappa shape index (κ3) is 3.56. The first kappa shape index (κ1) is 17.6. The van der Waals surface area contributed by atoms with E-state index in [4.69, 9.17) is 4.52 Å². The lowest BCUT2D eigenvalue weighted by atomic mass is 10.1. The van der Waals surface area contributed by atoms with Crippen LogP contribution in [0.15, 0.2) is 53.1 Å². The second-order valence-corrected chi connectivity index (χ2v) is 5.21. The average Bonchev–Trinajstić information content (AvgIpc) is 3.02. The molecule has 4 nitrogen and oxygen atoms in total. The average molecular weight is 368 g/mol. The van der Waals surface area contributed by atoms with Crippen LogP contribution in [0.1, 0.15) is 15.9 Å². The summed E-state index contributed by atoms with van der Waals surface area (Å²) in [4.78, 5) is 12.0. The number of aromatic nitrogens is 1. The molecule has 0 aliphatic heterocycles. The van der Waals surface area contributed by atoms with E-state index in [1.807, 2.05) is 0 Å². The fourth-order valence-corrected chi connectivity index (χ4v) is 2.21. The van der Waals surface area contributed by atoms with Gasteiger partial charge in [-0.1, -0.05) is 23.4 Å². The zero-order valence-corrected chi connectivity index (χ0v) is 12.8. The van der Waals surface area contributed by atoms with Gasteiger partial charge < -0.3 is 4.52 Å². The molecule has 1 heterocycles. The monoisotopic (exact) mass is 368 g/mol. The molecule has 0 saturated heterocycles. The van der Waals surface area contributed by atoms with Gasteiger partial charge in [-0.15, -0.1) is 0 Å². The summed E-state index contributed by atoms with van der Waals surface area (Å²) in [5, 5.41) is 5.66. The van der Waals surface area contributed by atoms with E-state index in [9.17, 15) is 26.7 Å². The number of hydrogen-bond acceptors (Lipinski definition) is 3. The first-order chi connectivity index (χ1) is 12.3.